The van der Waals surface area contributed by atoms with Crippen molar-refractivity contribution in [1.82, 2.24) is 10.2 Å². The van der Waals surface area contributed by atoms with Gasteiger partial charge in [-0.3, -0.25) is 4.79 Å². The number of hydrogen-bond acceptors (Lipinski definition) is 3. The molecule has 0 bridgehead atoms. The van der Waals surface area contributed by atoms with E-state index in [1.165, 1.54) is 0 Å². The lowest BCUT2D eigenvalue weighted by Gasteiger charge is -2.26. The van der Waals surface area contributed by atoms with Crippen molar-refractivity contribution in [3.63, 3.8) is 0 Å². The second-order valence-corrected chi connectivity index (χ2v) is 5.30. The molecule has 4 nitrogen and oxygen atoms in total. The number of rotatable bonds is 6. The van der Waals surface area contributed by atoms with Crippen LogP contribution in [0.1, 0.15) is 22.0 Å². The molecule has 2 aromatic carbocycles. The molecule has 2 aromatic rings. The fourth-order valence-corrected chi connectivity index (χ4v) is 2.39. The molecular weight excluding hydrogens is 276 g/mol. The van der Waals surface area contributed by atoms with E-state index in [4.69, 9.17) is 4.74 Å². The first kappa shape index (κ1) is 16.0. The van der Waals surface area contributed by atoms with Crippen LogP contribution in [0.25, 0.3) is 0 Å². The van der Waals surface area contributed by atoms with E-state index in [0.29, 0.717) is 12.1 Å². The average molecular weight is 298 g/mol. The molecule has 116 valence electrons. The summed E-state index contributed by atoms with van der Waals surface area (Å²) in [6.45, 7) is 0.515. The fourth-order valence-electron chi connectivity index (χ4n) is 2.39. The molecule has 4 heteroatoms. The van der Waals surface area contributed by atoms with Gasteiger partial charge in [-0.1, -0.05) is 36.4 Å². The highest BCUT2D eigenvalue weighted by Gasteiger charge is 2.19. The number of likely N-dealkylation sites (N-methyl/N-ethyl adjacent to an activating group) is 1. The second kappa shape index (κ2) is 7.61. The minimum atomic E-state index is -0.0673. The molecule has 0 radical (unpaired) electrons. The van der Waals surface area contributed by atoms with Crippen LogP contribution in [-0.4, -0.2) is 38.6 Å². The first-order valence-electron chi connectivity index (χ1n) is 7.26. The zero-order valence-corrected chi connectivity index (χ0v) is 13.2. The molecule has 0 saturated heterocycles. The Bertz CT molecular complexity index is 611. The van der Waals surface area contributed by atoms with Crippen molar-refractivity contribution >= 4 is 5.91 Å². The summed E-state index contributed by atoms with van der Waals surface area (Å²) in [6.07, 6.45) is 0. The van der Waals surface area contributed by atoms with Gasteiger partial charge in [0, 0.05) is 17.7 Å². The van der Waals surface area contributed by atoms with E-state index in [2.05, 4.69) is 10.2 Å². The van der Waals surface area contributed by atoms with Crippen molar-refractivity contribution in [3.05, 3.63) is 65.7 Å². The van der Waals surface area contributed by atoms with Crippen LogP contribution in [0.4, 0.5) is 0 Å². The van der Waals surface area contributed by atoms with Crippen molar-refractivity contribution in [1.29, 1.82) is 0 Å². The standard InChI is InChI=1S/C18H22N2O2/c1-20(2)16(15-11-7-8-12-17(15)22-3)13-19-18(21)14-9-5-4-6-10-14/h4-12,16H,13H2,1-3H3,(H,19,21)/t16-/m0/s1. The molecule has 0 aliphatic heterocycles. The molecule has 0 heterocycles. The lowest BCUT2D eigenvalue weighted by molar-refractivity contribution is 0.0941. The predicted molar refractivity (Wildman–Crippen MR) is 88.2 cm³/mol. The van der Waals surface area contributed by atoms with Crippen molar-refractivity contribution in [3.8, 4) is 5.75 Å². The van der Waals surface area contributed by atoms with Crippen molar-refractivity contribution in [2.24, 2.45) is 0 Å². The van der Waals surface area contributed by atoms with Gasteiger partial charge in [-0.05, 0) is 32.3 Å². The summed E-state index contributed by atoms with van der Waals surface area (Å²) in [4.78, 5) is 14.3. The zero-order valence-electron chi connectivity index (χ0n) is 13.2. The molecule has 0 aliphatic rings. The molecule has 2 rings (SSSR count). The molecule has 0 spiro atoms. The Morgan fingerprint density at radius 1 is 1.09 bits per heavy atom. The van der Waals surface area contributed by atoms with Gasteiger partial charge in [-0.2, -0.15) is 0 Å². The van der Waals surface area contributed by atoms with E-state index in [-0.39, 0.29) is 11.9 Å². The topological polar surface area (TPSA) is 41.6 Å². The van der Waals surface area contributed by atoms with Crippen LogP contribution in [-0.2, 0) is 0 Å². The smallest absolute Gasteiger partial charge is 0.251 e. The Hall–Kier alpha value is -2.33. The highest BCUT2D eigenvalue weighted by atomic mass is 16.5. The van der Waals surface area contributed by atoms with Crippen LogP contribution in [0, 0.1) is 0 Å². The summed E-state index contributed by atoms with van der Waals surface area (Å²) < 4.78 is 5.43. The first-order chi connectivity index (χ1) is 10.6. The number of hydrogen-bond donors (Lipinski definition) is 1. The van der Waals surface area contributed by atoms with Crippen LogP contribution in [0.3, 0.4) is 0 Å². The Morgan fingerprint density at radius 3 is 2.36 bits per heavy atom. The Morgan fingerprint density at radius 2 is 1.73 bits per heavy atom. The van der Waals surface area contributed by atoms with Gasteiger partial charge >= 0.3 is 0 Å². The third-order valence-corrected chi connectivity index (χ3v) is 3.61. The highest BCUT2D eigenvalue weighted by molar-refractivity contribution is 5.94. The lowest BCUT2D eigenvalue weighted by Crippen LogP contribution is -2.34. The van der Waals surface area contributed by atoms with Gasteiger partial charge in [-0.15, -0.1) is 0 Å². The number of carbonyl (C=O) groups excluding carboxylic acids is 1. The number of carbonyl (C=O) groups is 1. The summed E-state index contributed by atoms with van der Waals surface area (Å²) in [5.74, 6) is 0.762. The number of benzene rings is 2. The normalized spacial score (nSPS) is 12.0. The van der Waals surface area contributed by atoms with Crippen molar-refractivity contribution in [2.75, 3.05) is 27.7 Å². The molecule has 0 aromatic heterocycles. The van der Waals surface area contributed by atoms with Gasteiger partial charge < -0.3 is 15.0 Å². The maximum Gasteiger partial charge on any atom is 0.251 e. The molecule has 22 heavy (non-hydrogen) atoms. The van der Waals surface area contributed by atoms with Gasteiger partial charge in [0.2, 0.25) is 0 Å². The second-order valence-electron chi connectivity index (χ2n) is 5.30. The van der Waals surface area contributed by atoms with Gasteiger partial charge in [0.25, 0.3) is 5.91 Å². The number of ether oxygens (including phenoxy) is 1. The third kappa shape index (κ3) is 3.86. The molecule has 0 unspecified atom stereocenters. The Labute approximate surface area is 131 Å². The maximum absolute atomic E-state index is 12.2. The number of nitrogens with zero attached hydrogens (tertiary/aromatic N) is 1. The predicted octanol–water partition coefficient (Wildman–Crippen LogP) is 2.73. The summed E-state index contributed by atoms with van der Waals surface area (Å²) in [5, 5.41) is 2.99. The zero-order chi connectivity index (χ0) is 15.9. The molecule has 1 N–H and O–H groups in total. The Kier molecular flexibility index (Phi) is 5.55. The maximum atomic E-state index is 12.2. The van der Waals surface area contributed by atoms with Crippen molar-refractivity contribution < 1.29 is 9.53 Å². The number of methoxy groups -OCH3 is 1. The van der Waals surface area contributed by atoms with Crippen LogP contribution in [0.15, 0.2) is 54.6 Å². The van der Waals surface area contributed by atoms with Crippen molar-refractivity contribution in [2.45, 2.75) is 6.04 Å². The minimum absolute atomic E-state index is 0.0452. The van der Waals surface area contributed by atoms with E-state index in [0.717, 1.165) is 11.3 Å². The largest absolute Gasteiger partial charge is 0.496 e. The van der Waals surface area contributed by atoms with E-state index in [1.54, 1.807) is 7.11 Å². The lowest BCUT2D eigenvalue weighted by atomic mass is 10.0. The average Bonchev–Trinajstić information content (AvgIpc) is 2.55. The number of amides is 1. The van der Waals surface area contributed by atoms with E-state index < -0.39 is 0 Å². The van der Waals surface area contributed by atoms with E-state index in [1.807, 2.05) is 68.7 Å². The van der Waals surface area contributed by atoms with E-state index >= 15 is 0 Å². The summed E-state index contributed by atoms with van der Waals surface area (Å²) in [5.41, 5.74) is 1.73. The monoisotopic (exact) mass is 298 g/mol. The molecule has 0 saturated carbocycles. The molecule has 1 atom stereocenters. The highest BCUT2D eigenvalue weighted by Crippen LogP contribution is 2.27. The minimum Gasteiger partial charge on any atom is -0.496 e. The van der Waals surface area contributed by atoms with Crippen LogP contribution in [0.5, 0.6) is 5.75 Å². The molecule has 0 fully saturated rings. The van der Waals surface area contributed by atoms with Gasteiger partial charge in [-0.25, -0.2) is 0 Å². The summed E-state index contributed by atoms with van der Waals surface area (Å²) in [7, 11) is 5.64. The number of nitrogens with one attached hydrogen (secondary N) is 1. The van der Waals surface area contributed by atoms with Gasteiger partial charge in [0.15, 0.2) is 0 Å². The van der Waals surface area contributed by atoms with Crippen LogP contribution >= 0.6 is 0 Å². The van der Waals surface area contributed by atoms with Gasteiger partial charge in [0.05, 0.1) is 13.2 Å². The summed E-state index contributed by atoms with van der Waals surface area (Å²) in [6, 6.07) is 17.2. The van der Waals surface area contributed by atoms with Crippen LogP contribution < -0.4 is 10.1 Å². The molecule has 0 aliphatic carbocycles. The van der Waals surface area contributed by atoms with Crippen LogP contribution in [0.2, 0.25) is 0 Å². The third-order valence-electron chi connectivity index (χ3n) is 3.61. The number of para-hydroxylation sites is 1. The van der Waals surface area contributed by atoms with Gasteiger partial charge in [0.1, 0.15) is 5.75 Å². The van der Waals surface area contributed by atoms with E-state index in [9.17, 15) is 4.79 Å². The fraction of sp³-hybridized carbons (Fsp3) is 0.278. The quantitative estimate of drug-likeness (QED) is 0.891. The molecular formula is C18H22N2O2. The summed E-state index contributed by atoms with van der Waals surface area (Å²) >= 11 is 0. The first-order valence-corrected chi connectivity index (χ1v) is 7.26. The molecule has 1 amide bonds. The Balaban J connectivity index is 2.11. The SMILES string of the molecule is COc1ccccc1[C@H](CNC(=O)c1ccccc1)N(C)C.